The van der Waals surface area contributed by atoms with E-state index >= 15 is 0 Å². The lowest BCUT2D eigenvalue weighted by molar-refractivity contribution is -0.657. The molecule has 0 spiro atoms. The van der Waals surface area contributed by atoms with Crippen LogP contribution in [0.2, 0.25) is 0 Å². The number of aliphatic hydroxyl groups is 4. The molecule has 0 amide bonds. The molecular weight excluding hydrogens is 785 g/mol. The Bertz CT molecular complexity index is 2120. The molecule has 4 aromatic carbocycles. The third-order valence-corrected chi connectivity index (χ3v) is 10.4. The second-order valence-corrected chi connectivity index (χ2v) is 14.9. The number of anilines is 6. The fraction of sp³-hybridized carbons (Fsp3) is 0.348. The van der Waals surface area contributed by atoms with E-state index in [0.717, 1.165) is 96.2 Å². The fourth-order valence-electron chi connectivity index (χ4n) is 7.05. The molecular formula is C46H60N12O4+2. The van der Waals surface area contributed by atoms with Crippen molar-refractivity contribution >= 4 is 57.4 Å². The summed E-state index contributed by atoms with van der Waals surface area (Å²) in [5.41, 5.74) is 7.14. The second kappa shape index (κ2) is 23.5. The van der Waals surface area contributed by atoms with E-state index < -0.39 is 0 Å². The lowest BCUT2D eigenvalue weighted by Crippen LogP contribution is -2.29. The molecule has 0 fully saturated rings. The highest BCUT2D eigenvalue weighted by molar-refractivity contribution is 5.65. The Hall–Kier alpha value is -6.46. The third kappa shape index (κ3) is 13.0. The first kappa shape index (κ1) is 45.1. The van der Waals surface area contributed by atoms with Gasteiger partial charge in [-0.1, -0.05) is 23.1 Å². The normalized spacial score (nSPS) is 11.5. The van der Waals surface area contributed by atoms with Gasteiger partial charge in [0.15, 0.2) is 0 Å². The Morgan fingerprint density at radius 2 is 0.774 bits per heavy atom. The minimum atomic E-state index is 0.0280. The van der Waals surface area contributed by atoms with Crippen LogP contribution in [0.5, 0.6) is 0 Å². The van der Waals surface area contributed by atoms with Crippen molar-refractivity contribution < 1.29 is 29.6 Å². The van der Waals surface area contributed by atoms with Gasteiger partial charge in [0.25, 0.3) is 0 Å². The van der Waals surface area contributed by atoms with E-state index in [2.05, 4.69) is 52.6 Å². The molecule has 16 nitrogen and oxygen atoms in total. The van der Waals surface area contributed by atoms with E-state index in [0.29, 0.717) is 26.2 Å². The van der Waals surface area contributed by atoms with Gasteiger partial charge in [0, 0.05) is 70.5 Å². The molecule has 16 heteroatoms. The predicted molar refractivity (Wildman–Crippen MR) is 243 cm³/mol. The molecule has 0 bridgehead atoms. The molecule has 2 aromatic heterocycles. The molecule has 0 radical (unpaired) electrons. The highest BCUT2D eigenvalue weighted by atomic mass is 16.3. The molecule has 0 aliphatic carbocycles. The van der Waals surface area contributed by atoms with Gasteiger partial charge in [0.2, 0.25) is 0 Å². The van der Waals surface area contributed by atoms with Crippen LogP contribution < -0.4 is 29.6 Å². The van der Waals surface area contributed by atoms with Crippen LogP contribution >= 0.6 is 0 Å². The first-order valence-electron chi connectivity index (χ1n) is 21.2. The number of hydrogen-bond acceptors (Lipinski definition) is 12. The summed E-state index contributed by atoms with van der Waals surface area (Å²) in [6.07, 6.45) is 12.3. The van der Waals surface area contributed by atoms with Gasteiger partial charge >= 0.3 is 11.9 Å². The van der Waals surface area contributed by atoms with Crippen LogP contribution in [-0.2, 0) is 27.2 Å². The summed E-state index contributed by atoms with van der Waals surface area (Å²) in [6.45, 7) is 3.69. The van der Waals surface area contributed by atoms with E-state index in [1.54, 1.807) is 0 Å². The van der Waals surface area contributed by atoms with Crippen LogP contribution in [0.25, 0.3) is 0 Å². The van der Waals surface area contributed by atoms with Crippen LogP contribution in [0, 0.1) is 0 Å². The van der Waals surface area contributed by atoms with Crippen LogP contribution in [0.1, 0.15) is 25.7 Å². The summed E-state index contributed by atoms with van der Waals surface area (Å²) < 4.78 is 8.25. The SMILES string of the molecule is C[n+]1ccn(CCCCCCn2cc[n+](C)c2N=Nc2ccc(Nc3ccc(N(CCO)CCO)cc3)cc2)c1N=Nc1ccc(Nc2ccc(N(CCO)CCO)cc2)cc1. The number of nitrogens with one attached hydrogen (secondary N) is 2. The minimum Gasteiger partial charge on any atom is -0.395 e. The first-order chi connectivity index (χ1) is 30.4. The molecule has 6 N–H and O–H groups in total. The average Bonchev–Trinajstić information content (AvgIpc) is 3.83. The number of aryl methyl sites for hydroxylation is 4. The van der Waals surface area contributed by atoms with E-state index in [1.165, 1.54) is 0 Å². The Morgan fingerprint density at radius 3 is 1.10 bits per heavy atom. The maximum absolute atomic E-state index is 9.33. The highest BCUT2D eigenvalue weighted by Gasteiger charge is 2.16. The van der Waals surface area contributed by atoms with Gasteiger partial charge in [-0.2, -0.15) is 0 Å². The summed E-state index contributed by atoms with van der Waals surface area (Å²) in [6, 6.07) is 31.5. The molecule has 6 rings (SSSR count). The number of aliphatic hydroxyl groups excluding tert-OH is 4. The van der Waals surface area contributed by atoms with Gasteiger partial charge < -0.3 is 40.9 Å². The number of imidazole rings is 2. The van der Waals surface area contributed by atoms with Crippen molar-refractivity contribution in [3.63, 3.8) is 0 Å². The Balaban J connectivity index is 0.927. The molecule has 0 saturated heterocycles. The quantitative estimate of drug-likeness (QED) is 0.0201. The van der Waals surface area contributed by atoms with Crippen molar-refractivity contribution in [3.8, 4) is 0 Å². The number of rotatable bonds is 25. The maximum Gasteiger partial charge on any atom is 0.421 e. The van der Waals surface area contributed by atoms with Crippen LogP contribution in [-0.4, -0.2) is 82.2 Å². The number of unbranched alkanes of at least 4 members (excludes halogenated alkanes) is 3. The smallest absolute Gasteiger partial charge is 0.395 e. The molecule has 6 aromatic rings. The molecule has 0 aliphatic rings. The Labute approximate surface area is 363 Å². The number of aromatic nitrogens is 4. The average molecular weight is 845 g/mol. The third-order valence-electron chi connectivity index (χ3n) is 10.4. The van der Waals surface area contributed by atoms with Gasteiger partial charge in [-0.05, 0) is 110 Å². The zero-order valence-electron chi connectivity index (χ0n) is 35.7. The zero-order valence-corrected chi connectivity index (χ0v) is 35.7. The van der Waals surface area contributed by atoms with Gasteiger partial charge in [0.1, 0.15) is 11.4 Å². The Morgan fingerprint density at radius 1 is 0.452 bits per heavy atom. The van der Waals surface area contributed by atoms with E-state index in [4.69, 9.17) is 0 Å². The number of hydrogen-bond donors (Lipinski definition) is 6. The van der Waals surface area contributed by atoms with Gasteiger partial charge in [-0.15, -0.1) is 0 Å². The number of benzene rings is 4. The predicted octanol–water partition coefficient (Wildman–Crippen LogP) is 7.10. The summed E-state index contributed by atoms with van der Waals surface area (Å²) in [5, 5.41) is 62.4. The molecule has 0 aliphatic heterocycles. The maximum atomic E-state index is 9.33. The zero-order chi connectivity index (χ0) is 43.5. The van der Waals surface area contributed by atoms with Crippen LogP contribution in [0.3, 0.4) is 0 Å². The molecule has 0 unspecified atom stereocenters. The van der Waals surface area contributed by atoms with Crippen molar-refractivity contribution in [2.24, 2.45) is 34.6 Å². The van der Waals surface area contributed by atoms with E-state index in [9.17, 15) is 20.4 Å². The van der Waals surface area contributed by atoms with Crippen molar-refractivity contribution in [1.29, 1.82) is 0 Å². The van der Waals surface area contributed by atoms with Crippen LogP contribution in [0.4, 0.5) is 57.4 Å². The Kier molecular flexibility index (Phi) is 17.1. The highest BCUT2D eigenvalue weighted by Crippen LogP contribution is 2.26. The van der Waals surface area contributed by atoms with Gasteiger partial charge in [-0.3, -0.25) is 0 Å². The molecule has 62 heavy (non-hydrogen) atoms. The van der Waals surface area contributed by atoms with Crippen LogP contribution in [0.15, 0.2) is 142 Å². The van der Waals surface area contributed by atoms with Gasteiger partial charge in [-0.25, -0.2) is 18.3 Å². The van der Waals surface area contributed by atoms with Crippen molar-refractivity contribution in [2.75, 3.05) is 73.0 Å². The topological polar surface area (TPSA) is 179 Å². The molecule has 326 valence electrons. The summed E-state index contributed by atoms with van der Waals surface area (Å²) in [5.74, 6) is 1.58. The largest absolute Gasteiger partial charge is 0.421 e. The molecule has 0 atom stereocenters. The van der Waals surface area contributed by atoms with Crippen molar-refractivity contribution in [1.82, 2.24) is 9.13 Å². The summed E-state index contributed by atoms with van der Waals surface area (Å²) in [4.78, 5) is 3.89. The minimum absolute atomic E-state index is 0.0280. The first-order valence-corrected chi connectivity index (χ1v) is 21.2. The lowest BCUT2D eigenvalue weighted by Gasteiger charge is -2.23. The number of nitrogens with zero attached hydrogens (tertiary/aromatic N) is 10. The van der Waals surface area contributed by atoms with Gasteiger partial charge in [0.05, 0.1) is 78.4 Å². The van der Waals surface area contributed by atoms with Crippen molar-refractivity contribution in [2.45, 2.75) is 38.8 Å². The van der Waals surface area contributed by atoms with E-state index in [-0.39, 0.29) is 26.4 Å². The van der Waals surface area contributed by atoms with E-state index in [1.807, 2.05) is 142 Å². The fourth-order valence-corrected chi connectivity index (χ4v) is 7.05. The second-order valence-electron chi connectivity index (χ2n) is 14.9. The summed E-state index contributed by atoms with van der Waals surface area (Å²) in [7, 11) is 3.96. The molecule has 0 saturated carbocycles. The van der Waals surface area contributed by atoms with Crippen molar-refractivity contribution in [3.05, 3.63) is 122 Å². The summed E-state index contributed by atoms with van der Waals surface area (Å²) >= 11 is 0. The monoisotopic (exact) mass is 844 g/mol. The standard InChI is InChI=1S/C46H58N12O4/c1-53-25-27-57(45(53)51-49-41-11-7-37(8-12-41)47-39-15-19-43(20-16-39)55(29-33-59)30-34-60)23-5-3-4-6-24-58-28-26-54(2)46(58)52-50-42-13-9-38(10-14-42)48-40-17-21-44(22-18-40)56(31-35-61)32-36-62/h7-22,25-28,59-62H,3-6,23-24,29-36H2,1-2H3/p+2. The lowest BCUT2D eigenvalue weighted by atomic mass is 10.2. The molecule has 2 heterocycles. The number of azo groups is 2.